The van der Waals surface area contributed by atoms with Crippen LogP contribution in [-0.2, 0) is 0 Å². The number of aromatic nitrogens is 2. The van der Waals surface area contributed by atoms with Gasteiger partial charge in [-0.3, -0.25) is 10.1 Å². The van der Waals surface area contributed by atoms with Crippen LogP contribution in [0, 0.1) is 10.1 Å². The van der Waals surface area contributed by atoms with E-state index in [1.165, 1.54) is 12.3 Å². The van der Waals surface area contributed by atoms with Gasteiger partial charge in [0.2, 0.25) is 6.20 Å². The van der Waals surface area contributed by atoms with Crippen molar-refractivity contribution in [3.8, 4) is 11.4 Å². The summed E-state index contributed by atoms with van der Waals surface area (Å²) in [5.74, 6) is 0.527. The Kier molecular flexibility index (Phi) is 3.64. The van der Waals surface area contributed by atoms with Crippen molar-refractivity contribution >= 4 is 29.3 Å². The Morgan fingerprint density at radius 2 is 2.17 bits per heavy atom. The minimum absolute atomic E-state index is 0.460. The van der Waals surface area contributed by atoms with E-state index in [1.54, 1.807) is 18.2 Å². The zero-order valence-corrected chi connectivity index (χ0v) is 10.4. The number of hydrogen-bond acceptors (Lipinski definition) is 3. The van der Waals surface area contributed by atoms with Crippen LogP contribution in [0.15, 0.2) is 30.6 Å². The predicted octanol–water partition coefficient (Wildman–Crippen LogP) is 3.63. The Morgan fingerprint density at radius 3 is 2.83 bits per heavy atom. The van der Waals surface area contributed by atoms with Crippen LogP contribution in [0.5, 0.6) is 0 Å². The Morgan fingerprint density at radius 1 is 1.39 bits per heavy atom. The molecule has 5 nitrogen and oxygen atoms in total. The smallest absolute Gasteiger partial charge is 0.236 e. The molecule has 2 rings (SSSR count). The maximum absolute atomic E-state index is 10.2. The van der Waals surface area contributed by atoms with Gasteiger partial charge in [0.05, 0.1) is 21.8 Å². The number of rotatable bonds is 3. The minimum atomic E-state index is -0.546. The summed E-state index contributed by atoms with van der Waals surface area (Å²) in [6.07, 6.45) is 3.64. The van der Waals surface area contributed by atoms with Crippen LogP contribution in [0.2, 0.25) is 10.0 Å². The molecule has 0 aliphatic heterocycles. The summed E-state index contributed by atoms with van der Waals surface area (Å²) in [5, 5.41) is 11.2. The van der Waals surface area contributed by atoms with Crippen LogP contribution in [0.1, 0.15) is 5.69 Å². The predicted molar refractivity (Wildman–Crippen MR) is 70.1 cm³/mol. The van der Waals surface area contributed by atoms with E-state index in [1.807, 2.05) is 0 Å². The Hall–Kier alpha value is -1.85. The molecule has 1 N–H and O–H groups in total. The number of nitro groups is 1. The van der Waals surface area contributed by atoms with Crippen molar-refractivity contribution in [3.05, 3.63) is 56.4 Å². The van der Waals surface area contributed by atoms with Gasteiger partial charge in [-0.1, -0.05) is 23.2 Å². The molecule has 1 aromatic heterocycles. The molecule has 0 aliphatic carbocycles. The standard InChI is InChI=1S/C11H7Cl2N3O2/c12-7-1-2-9(10(13)5-7)11-14-6-8(15-11)3-4-16(17)18/h1-6H,(H,14,15)/b4-3+. The van der Waals surface area contributed by atoms with Gasteiger partial charge in [-0.05, 0) is 18.2 Å². The summed E-state index contributed by atoms with van der Waals surface area (Å²) in [4.78, 5) is 16.7. The quantitative estimate of drug-likeness (QED) is 0.691. The van der Waals surface area contributed by atoms with Crippen molar-refractivity contribution in [2.24, 2.45) is 0 Å². The number of aromatic amines is 1. The highest BCUT2D eigenvalue weighted by Gasteiger charge is 2.07. The van der Waals surface area contributed by atoms with E-state index in [-0.39, 0.29) is 0 Å². The van der Waals surface area contributed by atoms with E-state index in [0.717, 1.165) is 6.20 Å². The summed E-state index contributed by atoms with van der Waals surface area (Å²) in [6, 6.07) is 5.02. The second-order valence-corrected chi connectivity index (χ2v) is 4.26. The molecular weight excluding hydrogens is 277 g/mol. The Bertz CT molecular complexity index is 623. The maximum Gasteiger partial charge on any atom is 0.236 e. The average Bonchev–Trinajstić information content (AvgIpc) is 2.75. The molecule has 0 fully saturated rings. The first-order chi connectivity index (χ1) is 8.56. The fraction of sp³-hybridized carbons (Fsp3) is 0. The van der Waals surface area contributed by atoms with Gasteiger partial charge in [-0.25, -0.2) is 4.98 Å². The van der Waals surface area contributed by atoms with E-state index in [9.17, 15) is 10.1 Å². The van der Waals surface area contributed by atoms with Gasteiger partial charge in [0.1, 0.15) is 5.82 Å². The fourth-order valence-corrected chi connectivity index (χ4v) is 1.88. The molecule has 0 spiro atoms. The summed E-state index contributed by atoms with van der Waals surface area (Å²) in [5.41, 5.74) is 1.20. The van der Waals surface area contributed by atoms with Crippen molar-refractivity contribution in [2.75, 3.05) is 0 Å². The van der Waals surface area contributed by atoms with Crippen LogP contribution < -0.4 is 0 Å². The highest BCUT2D eigenvalue weighted by molar-refractivity contribution is 6.36. The lowest BCUT2D eigenvalue weighted by Crippen LogP contribution is -1.84. The third kappa shape index (κ3) is 2.88. The first-order valence-electron chi connectivity index (χ1n) is 4.88. The lowest BCUT2D eigenvalue weighted by molar-refractivity contribution is -0.401. The first kappa shape index (κ1) is 12.6. The van der Waals surface area contributed by atoms with Crippen LogP contribution >= 0.6 is 23.2 Å². The third-order valence-corrected chi connectivity index (χ3v) is 2.71. The summed E-state index contributed by atoms with van der Waals surface area (Å²) in [6.45, 7) is 0. The third-order valence-electron chi connectivity index (χ3n) is 2.16. The highest BCUT2D eigenvalue weighted by atomic mass is 35.5. The molecule has 0 unspecified atom stereocenters. The van der Waals surface area contributed by atoms with E-state index < -0.39 is 4.92 Å². The average molecular weight is 284 g/mol. The molecule has 0 bridgehead atoms. The molecule has 1 aromatic carbocycles. The molecule has 7 heteroatoms. The van der Waals surface area contributed by atoms with E-state index in [4.69, 9.17) is 23.2 Å². The fourth-order valence-electron chi connectivity index (χ4n) is 1.38. The largest absolute Gasteiger partial charge is 0.338 e. The molecule has 2 aromatic rings. The number of nitrogens with one attached hydrogen (secondary N) is 1. The van der Waals surface area contributed by atoms with Gasteiger partial charge in [0.15, 0.2) is 0 Å². The lowest BCUT2D eigenvalue weighted by atomic mass is 10.2. The molecule has 0 saturated heterocycles. The van der Waals surface area contributed by atoms with Crippen molar-refractivity contribution in [3.63, 3.8) is 0 Å². The van der Waals surface area contributed by atoms with Gasteiger partial charge in [0.25, 0.3) is 0 Å². The highest BCUT2D eigenvalue weighted by Crippen LogP contribution is 2.28. The van der Waals surface area contributed by atoms with Crippen LogP contribution in [0.25, 0.3) is 17.5 Å². The van der Waals surface area contributed by atoms with Crippen molar-refractivity contribution in [2.45, 2.75) is 0 Å². The topological polar surface area (TPSA) is 71.8 Å². The molecule has 1 heterocycles. The normalized spacial score (nSPS) is 11.0. The minimum Gasteiger partial charge on any atom is -0.338 e. The Balaban J connectivity index is 2.32. The first-order valence-corrected chi connectivity index (χ1v) is 5.64. The summed E-state index contributed by atoms with van der Waals surface area (Å²) < 4.78 is 0. The molecule has 92 valence electrons. The molecule has 18 heavy (non-hydrogen) atoms. The van der Waals surface area contributed by atoms with Crippen molar-refractivity contribution in [1.82, 2.24) is 9.97 Å². The van der Waals surface area contributed by atoms with Gasteiger partial charge >= 0.3 is 0 Å². The van der Waals surface area contributed by atoms with Crippen LogP contribution in [-0.4, -0.2) is 14.9 Å². The van der Waals surface area contributed by atoms with Gasteiger partial charge in [0, 0.05) is 16.7 Å². The van der Waals surface area contributed by atoms with Gasteiger partial charge in [-0.2, -0.15) is 0 Å². The number of nitrogens with zero attached hydrogens (tertiary/aromatic N) is 2. The molecule has 0 saturated carbocycles. The van der Waals surface area contributed by atoms with E-state index in [0.29, 0.717) is 27.1 Å². The zero-order chi connectivity index (χ0) is 13.1. The summed E-state index contributed by atoms with van der Waals surface area (Å²) >= 11 is 11.8. The monoisotopic (exact) mass is 283 g/mol. The zero-order valence-electron chi connectivity index (χ0n) is 8.93. The molecule has 0 amide bonds. The molecule has 0 radical (unpaired) electrons. The number of imidazole rings is 1. The number of hydrogen-bond donors (Lipinski definition) is 1. The number of halogens is 2. The molecule has 0 aliphatic rings. The van der Waals surface area contributed by atoms with Gasteiger partial charge < -0.3 is 4.98 Å². The molecule has 0 atom stereocenters. The van der Waals surface area contributed by atoms with Crippen molar-refractivity contribution < 1.29 is 4.92 Å². The van der Waals surface area contributed by atoms with E-state index in [2.05, 4.69) is 9.97 Å². The number of benzene rings is 1. The van der Waals surface area contributed by atoms with E-state index >= 15 is 0 Å². The Labute approximate surface area is 112 Å². The lowest BCUT2D eigenvalue weighted by Gasteiger charge is -2.00. The second-order valence-electron chi connectivity index (χ2n) is 3.41. The SMILES string of the molecule is O=[N+]([O-])/C=C/c1cnc(-c2ccc(Cl)cc2Cl)[nH]1. The summed E-state index contributed by atoms with van der Waals surface area (Å²) in [7, 11) is 0. The van der Waals surface area contributed by atoms with Crippen LogP contribution in [0.3, 0.4) is 0 Å². The molecular formula is C11H7Cl2N3O2. The second kappa shape index (κ2) is 5.20. The van der Waals surface area contributed by atoms with Gasteiger partial charge in [-0.15, -0.1) is 0 Å². The van der Waals surface area contributed by atoms with Crippen LogP contribution in [0.4, 0.5) is 0 Å². The number of H-pyrrole nitrogens is 1. The maximum atomic E-state index is 10.2. The van der Waals surface area contributed by atoms with Crippen molar-refractivity contribution in [1.29, 1.82) is 0 Å².